The first-order valence-electron chi connectivity index (χ1n) is 11.2. The van der Waals surface area contributed by atoms with Crippen molar-refractivity contribution in [3.8, 4) is 11.4 Å². The van der Waals surface area contributed by atoms with Crippen LogP contribution < -0.4 is 9.64 Å². The van der Waals surface area contributed by atoms with Crippen molar-refractivity contribution in [3.05, 3.63) is 60.2 Å². The molecule has 0 spiro atoms. The lowest BCUT2D eigenvalue weighted by Gasteiger charge is -2.31. The number of halogens is 1. The minimum Gasteiger partial charge on any atom is -0.484 e. The Bertz CT molecular complexity index is 1280. The summed E-state index contributed by atoms with van der Waals surface area (Å²) in [5.41, 5.74) is 2.28. The fourth-order valence-electron chi connectivity index (χ4n) is 3.72. The summed E-state index contributed by atoms with van der Waals surface area (Å²) in [5, 5.41) is 19.8. The summed E-state index contributed by atoms with van der Waals surface area (Å²) < 4.78 is 21.4. The summed E-state index contributed by atoms with van der Waals surface area (Å²) >= 11 is 0. The van der Waals surface area contributed by atoms with Crippen LogP contribution in [-0.2, 0) is 22.6 Å². The normalized spacial score (nSPS) is 13.6. The first-order chi connectivity index (χ1) is 17.6. The fraction of sp³-hybridized carbons (Fsp3) is 0.364. The van der Waals surface area contributed by atoms with E-state index in [4.69, 9.17) is 14.3 Å². The van der Waals surface area contributed by atoms with Gasteiger partial charge in [0.05, 0.1) is 17.9 Å². The van der Waals surface area contributed by atoms with Crippen molar-refractivity contribution < 1.29 is 18.7 Å². The Kier molecular flexibility index (Phi) is 7.98. The van der Waals surface area contributed by atoms with Crippen molar-refractivity contribution in [1.29, 1.82) is 0 Å². The molecule has 1 saturated heterocycles. The van der Waals surface area contributed by atoms with Crippen LogP contribution in [0.3, 0.4) is 0 Å². The highest BCUT2D eigenvalue weighted by atomic mass is 19.1. The smallest absolute Gasteiger partial charge is 0.373 e. The van der Waals surface area contributed by atoms with Crippen LogP contribution in [0.5, 0.6) is 5.75 Å². The Hall–Kier alpha value is -4.58. The number of rotatable bonds is 7. The van der Waals surface area contributed by atoms with Gasteiger partial charge in [-0.15, -0.1) is 5.10 Å². The molecule has 5 rings (SSSR count). The quantitative estimate of drug-likeness (QED) is 0.369. The minimum absolute atomic E-state index is 0.123. The van der Waals surface area contributed by atoms with E-state index in [9.17, 15) is 4.39 Å². The van der Waals surface area contributed by atoms with E-state index in [1.54, 1.807) is 23.1 Å². The number of aromatic nitrogens is 9. The molecule has 186 valence electrons. The molecule has 3 aromatic heterocycles. The van der Waals surface area contributed by atoms with Gasteiger partial charge in [-0.25, -0.2) is 19.0 Å². The second-order valence-electron chi connectivity index (χ2n) is 7.86. The number of piperidine rings is 1. The first-order valence-corrected chi connectivity index (χ1v) is 11.2. The third-order valence-electron chi connectivity index (χ3n) is 5.63. The average molecular weight is 494 g/mol. The molecular weight excluding hydrogens is 471 g/mol. The second-order valence-corrected chi connectivity index (χ2v) is 7.86. The monoisotopic (exact) mass is 494 g/mol. The summed E-state index contributed by atoms with van der Waals surface area (Å²) in [4.78, 5) is 29.1. The van der Waals surface area contributed by atoms with Gasteiger partial charge in [-0.05, 0) is 47.4 Å². The summed E-state index contributed by atoms with van der Waals surface area (Å²) in [7, 11) is 0. The van der Waals surface area contributed by atoms with Gasteiger partial charge >= 0.3 is 6.15 Å². The van der Waals surface area contributed by atoms with Gasteiger partial charge in [0.2, 0.25) is 5.95 Å². The topological polar surface area (TPSA) is 147 Å². The molecule has 0 unspecified atom stereocenters. The number of tetrazole rings is 1. The van der Waals surface area contributed by atoms with Crippen molar-refractivity contribution in [1.82, 2.24) is 45.2 Å². The molecule has 1 aliphatic heterocycles. The molecule has 0 amide bonds. The number of hydrogen-bond acceptors (Lipinski definition) is 11. The van der Waals surface area contributed by atoms with Crippen LogP contribution in [0.25, 0.3) is 5.69 Å². The lowest BCUT2D eigenvalue weighted by Crippen LogP contribution is -2.36. The summed E-state index contributed by atoms with van der Waals surface area (Å²) in [6.07, 6.45) is 9.79. The zero-order chi connectivity index (χ0) is 25.3. The number of benzene rings is 1. The molecule has 0 radical (unpaired) electrons. The lowest BCUT2D eigenvalue weighted by atomic mass is 10.1. The SMILES string of the molecule is CCc1cnc(N2CCC(n3ncc(COc4ccc(-n5cnnn5)cc4F)n3)CC2)nc1.O=C=O. The van der Waals surface area contributed by atoms with E-state index in [2.05, 4.69) is 47.5 Å². The molecule has 13 nitrogen and oxygen atoms in total. The van der Waals surface area contributed by atoms with Crippen LogP contribution >= 0.6 is 0 Å². The largest absolute Gasteiger partial charge is 0.484 e. The molecule has 0 saturated carbocycles. The Balaban J connectivity index is 0.000000967. The van der Waals surface area contributed by atoms with E-state index < -0.39 is 5.82 Å². The zero-order valence-corrected chi connectivity index (χ0v) is 19.4. The van der Waals surface area contributed by atoms with Crippen molar-refractivity contribution in [3.63, 3.8) is 0 Å². The Morgan fingerprint density at radius 3 is 2.53 bits per heavy atom. The van der Waals surface area contributed by atoms with Gasteiger partial charge in [0.15, 0.2) is 11.6 Å². The number of aryl methyl sites for hydroxylation is 1. The summed E-state index contributed by atoms with van der Waals surface area (Å²) in [6, 6.07) is 4.73. The van der Waals surface area contributed by atoms with E-state index in [-0.39, 0.29) is 24.5 Å². The predicted octanol–water partition coefficient (Wildman–Crippen LogP) is 1.58. The van der Waals surface area contributed by atoms with Crippen LogP contribution in [0.15, 0.2) is 43.1 Å². The number of hydrogen-bond donors (Lipinski definition) is 0. The van der Waals surface area contributed by atoms with Crippen molar-refractivity contribution in [2.75, 3.05) is 18.0 Å². The highest BCUT2D eigenvalue weighted by molar-refractivity contribution is 5.37. The van der Waals surface area contributed by atoms with E-state index in [1.165, 1.54) is 17.1 Å². The molecular formula is C22H23FN10O3. The van der Waals surface area contributed by atoms with Crippen LogP contribution in [0.1, 0.15) is 37.1 Å². The van der Waals surface area contributed by atoms with Crippen molar-refractivity contribution in [2.45, 2.75) is 38.8 Å². The van der Waals surface area contributed by atoms with Gasteiger partial charge in [0.1, 0.15) is 18.6 Å². The van der Waals surface area contributed by atoms with E-state index in [1.807, 2.05) is 12.4 Å². The highest BCUT2D eigenvalue weighted by Crippen LogP contribution is 2.24. The number of carbonyl (C=O) groups excluding carboxylic acids is 2. The maximum Gasteiger partial charge on any atom is 0.373 e. The Labute approximate surface area is 204 Å². The maximum absolute atomic E-state index is 14.4. The third kappa shape index (κ3) is 5.91. The number of ether oxygens (including phenoxy) is 1. The highest BCUT2D eigenvalue weighted by Gasteiger charge is 2.23. The number of anilines is 1. The molecule has 4 aromatic rings. The molecule has 0 atom stereocenters. The average Bonchev–Trinajstić information content (AvgIpc) is 3.62. The van der Waals surface area contributed by atoms with Crippen LogP contribution in [-0.4, -0.2) is 64.4 Å². The molecule has 1 fully saturated rings. The fourth-order valence-corrected chi connectivity index (χ4v) is 3.72. The molecule has 4 heterocycles. The molecule has 14 heteroatoms. The number of nitrogens with zero attached hydrogens (tertiary/aromatic N) is 10. The van der Waals surface area contributed by atoms with Gasteiger partial charge in [-0.2, -0.15) is 24.6 Å². The van der Waals surface area contributed by atoms with E-state index >= 15 is 0 Å². The third-order valence-corrected chi connectivity index (χ3v) is 5.63. The predicted molar refractivity (Wildman–Crippen MR) is 120 cm³/mol. The molecule has 1 aliphatic rings. The molecule has 36 heavy (non-hydrogen) atoms. The standard InChI is InChI=1S/C21H23FN10O.CO2/c1-2-15-10-23-21(24-11-15)30-7-5-17(6-8-30)32-26-12-16(27-32)13-33-20-4-3-18(9-19(20)22)31-14-25-28-29-31;2-1-3/h3-4,9-12,14,17H,2,5-8,13H2,1H3;. The Morgan fingerprint density at radius 2 is 1.89 bits per heavy atom. The molecule has 1 aromatic carbocycles. The Morgan fingerprint density at radius 1 is 1.14 bits per heavy atom. The van der Waals surface area contributed by atoms with Gasteiger partial charge in [0.25, 0.3) is 0 Å². The van der Waals surface area contributed by atoms with Crippen molar-refractivity contribution in [2.24, 2.45) is 0 Å². The maximum atomic E-state index is 14.4. The van der Waals surface area contributed by atoms with Crippen LogP contribution in [0.2, 0.25) is 0 Å². The van der Waals surface area contributed by atoms with E-state index in [0.29, 0.717) is 11.4 Å². The lowest BCUT2D eigenvalue weighted by molar-refractivity contribution is -0.191. The van der Waals surface area contributed by atoms with Gasteiger partial charge < -0.3 is 9.64 Å². The summed E-state index contributed by atoms with van der Waals surface area (Å²) in [5.74, 6) is 0.391. The van der Waals surface area contributed by atoms with Gasteiger partial charge in [-0.3, -0.25) is 0 Å². The molecule has 0 aliphatic carbocycles. The zero-order valence-electron chi connectivity index (χ0n) is 19.4. The van der Waals surface area contributed by atoms with Crippen molar-refractivity contribution >= 4 is 12.1 Å². The van der Waals surface area contributed by atoms with Crippen LogP contribution in [0, 0.1) is 5.82 Å². The first kappa shape index (κ1) is 24.5. The van der Waals surface area contributed by atoms with E-state index in [0.717, 1.165) is 43.9 Å². The van der Waals surface area contributed by atoms with Gasteiger partial charge in [-0.1, -0.05) is 6.92 Å². The second kappa shape index (κ2) is 11.7. The summed E-state index contributed by atoms with van der Waals surface area (Å²) in [6.45, 7) is 3.88. The molecule has 0 N–H and O–H groups in total. The minimum atomic E-state index is -0.503. The van der Waals surface area contributed by atoms with Crippen LogP contribution in [0.4, 0.5) is 10.3 Å². The molecule has 0 bridgehead atoms. The van der Waals surface area contributed by atoms with Gasteiger partial charge in [0, 0.05) is 31.5 Å².